The van der Waals surface area contributed by atoms with Crippen LogP contribution in [0.5, 0.6) is 17.4 Å². The van der Waals surface area contributed by atoms with Crippen molar-refractivity contribution in [3.8, 4) is 23.4 Å². The van der Waals surface area contributed by atoms with Gasteiger partial charge in [-0.2, -0.15) is 5.26 Å². The molecule has 5 rings (SSSR count). The Kier molecular flexibility index (Phi) is 8.33. The molecule has 3 heterocycles. The number of nitrogens with zero attached hydrogens (tertiary/aromatic N) is 4. The number of thioether (sulfide) groups is 2. The van der Waals surface area contributed by atoms with Crippen LogP contribution < -0.4 is 14.2 Å². The molecule has 2 fully saturated rings. The summed E-state index contributed by atoms with van der Waals surface area (Å²) in [5.74, 6) is -0.506. The number of rotatable bonds is 6. The Morgan fingerprint density at radius 1 is 0.909 bits per heavy atom. The number of aromatic nitrogens is 1. The van der Waals surface area contributed by atoms with Crippen molar-refractivity contribution in [2.75, 3.05) is 14.2 Å². The van der Waals surface area contributed by atoms with Gasteiger partial charge in [0.2, 0.25) is 5.88 Å². The van der Waals surface area contributed by atoms with Crippen LogP contribution in [0.3, 0.4) is 0 Å². The van der Waals surface area contributed by atoms with Crippen molar-refractivity contribution in [3.05, 3.63) is 84.6 Å². The Hall–Kier alpha value is -4.54. The van der Waals surface area contributed by atoms with Crippen molar-refractivity contribution in [2.24, 2.45) is 5.41 Å². The zero-order chi connectivity index (χ0) is 31.7. The summed E-state index contributed by atoms with van der Waals surface area (Å²) < 4.78 is 16.1. The number of para-hydroxylation sites is 2. The lowest BCUT2D eigenvalue weighted by atomic mass is 9.80. The first-order chi connectivity index (χ1) is 21.0. The van der Waals surface area contributed by atoms with Crippen LogP contribution in [0.4, 0.5) is 9.59 Å². The van der Waals surface area contributed by atoms with Crippen molar-refractivity contribution >= 4 is 45.9 Å². The molecule has 1 unspecified atom stereocenters. The summed E-state index contributed by atoms with van der Waals surface area (Å²) in [6.07, 6.45) is 1.26. The molecule has 1 aromatic heterocycles. The van der Waals surface area contributed by atoms with Crippen LogP contribution in [0, 0.1) is 16.7 Å². The van der Waals surface area contributed by atoms with E-state index in [1.54, 1.807) is 79.7 Å². The van der Waals surface area contributed by atoms with Gasteiger partial charge in [-0.15, -0.1) is 0 Å². The van der Waals surface area contributed by atoms with Gasteiger partial charge in [0, 0.05) is 25.7 Å². The fourth-order valence-electron chi connectivity index (χ4n) is 5.50. The Labute approximate surface area is 262 Å². The molecule has 0 spiro atoms. The first kappa shape index (κ1) is 30.9. The maximum atomic E-state index is 14.7. The molecule has 2 saturated heterocycles. The molecule has 2 aliphatic heterocycles. The van der Waals surface area contributed by atoms with Crippen molar-refractivity contribution in [2.45, 2.75) is 36.1 Å². The van der Waals surface area contributed by atoms with Crippen LogP contribution in [0.15, 0.2) is 79.0 Å². The predicted molar refractivity (Wildman–Crippen MR) is 163 cm³/mol. The van der Waals surface area contributed by atoms with Crippen LogP contribution in [0.25, 0.3) is 0 Å². The fraction of sp³-hybridized carbons (Fsp3) is 0.290. The van der Waals surface area contributed by atoms with E-state index in [0.29, 0.717) is 35.0 Å². The number of piperazine rings is 1. The minimum Gasteiger partial charge on any atom is -0.481 e. The monoisotopic (exact) mass is 632 g/mol. The Bertz CT molecular complexity index is 1640. The van der Waals surface area contributed by atoms with E-state index in [0.717, 1.165) is 4.90 Å². The highest BCUT2D eigenvalue weighted by atomic mass is 32.2. The molecule has 13 heteroatoms. The lowest BCUT2D eigenvalue weighted by Crippen LogP contribution is -2.71. The number of pyridine rings is 1. The Morgan fingerprint density at radius 2 is 1.48 bits per heavy atom. The molecule has 0 radical (unpaired) electrons. The average Bonchev–Trinajstić information content (AvgIpc) is 3.29. The number of likely N-dealkylation sites (N-methyl/N-ethyl adjacent to an activating group) is 1. The third-order valence-electron chi connectivity index (χ3n) is 7.71. The van der Waals surface area contributed by atoms with Crippen LogP contribution >= 0.6 is 23.5 Å². The van der Waals surface area contributed by atoms with Gasteiger partial charge in [-0.3, -0.25) is 9.59 Å². The van der Waals surface area contributed by atoms with Gasteiger partial charge in [0.05, 0.1) is 24.6 Å². The molecule has 44 heavy (non-hydrogen) atoms. The molecule has 0 saturated carbocycles. The topological polar surface area (TPSA) is 139 Å². The van der Waals surface area contributed by atoms with Crippen molar-refractivity contribution in [1.82, 2.24) is 14.8 Å². The highest BCUT2D eigenvalue weighted by molar-refractivity contribution is 8.15. The second-order valence-corrected chi connectivity index (χ2v) is 13.1. The van der Waals surface area contributed by atoms with Crippen molar-refractivity contribution in [1.29, 1.82) is 5.26 Å². The number of amides is 2. The maximum Gasteiger partial charge on any atom is 0.375 e. The largest absolute Gasteiger partial charge is 0.481 e. The summed E-state index contributed by atoms with van der Waals surface area (Å²) in [5.41, 5.74) is -0.915. The number of carbonyl (C=O) groups is 4. The van der Waals surface area contributed by atoms with E-state index in [1.807, 2.05) is 0 Å². The van der Waals surface area contributed by atoms with Gasteiger partial charge in [-0.1, -0.05) is 36.4 Å². The summed E-state index contributed by atoms with van der Waals surface area (Å²) in [6.45, 7) is 3.06. The summed E-state index contributed by atoms with van der Waals surface area (Å²) in [4.78, 5) is 58.7. The molecule has 2 amide bonds. The third-order valence-corrected chi connectivity index (χ3v) is 9.91. The highest BCUT2D eigenvalue weighted by Crippen LogP contribution is 2.62. The third kappa shape index (κ3) is 5.35. The first-order valence-electron chi connectivity index (χ1n) is 13.4. The normalized spacial score (nSPS) is 26.0. The van der Waals surface area contributed by atoms with Crippen molar-refractivity contribution in [3.63, 3.8) is 0 Å². The smallest absolute Gasteiger partial charge is 0.375 e. The number of ether oxygens (including phenoxy) is 3. The van der Waals surface area contributed by atoms with E-state index in [1.165, 1.54) is 32.2 Å². The Balaban J connectivity index is 1.59. The summed E-state index contributed by atoms with van der Waals surface area (Å²) in [6, 6.07) is 21.1. The van der Waals surface area contributed by atoms with Gasteiger partial charge in [0.25, 0.3) is 11.8 Å². The van der Waals surface area contributed by atoms with Crippen LogP contribution in [0.2, 0.25) is 0 Å². The summed E-state index contributed by atoms with van der Waals surface area (Å²) in [7, 11) is 2.84. The summed E-state index contributed by atoms with van der Waals surface area (Å²) >= 11 is 1.05. The molecule has 3 aromatic rings. The van der Waals surface area contributed by atoms with Gasteiger partial charge >= 0.3 is 10.6 Å². The van der Waals surface area contributed by atoms with E-state index in [2.05, 4.69) is 11.1 Å². The standard InChI is InChI=1S/C31H28N4O7S2/c1-29(19-32)18-31(44-28(39)42-22-13-9-6-10-14-22)26(37)34(3)30(2,43-27(38)41-21-11-7-5-8-12-21)25(36)35(31)24(29)20-15-16-23(40-4)33-17-20/h5-17,24H,18H2,1-4H3/t24-,29+,30-,31?/m0/s1. The second kappa shape index (κ2) is 11.9. The van der Waals surface area contributed by atoms with Crippen LogP contribution in [0.1, 0.15) is 31.9 Å². The molecule has 2 aliphatic rings. The quantitative estimate of drug-likeness (QED) is 0.312. The van der Waals surface area contributed by atoms with Gasteiger partial charge in [0.15, 0.2) is 9.74 Å². The molecule has 226 valence electrons. The van der Waals surface area contributed by atoms with Gasteiger partial charge in [-0.05, 0) is 73.3 Å². The molecule has 0 aliphatic carbocycles. The number of carbonyl (C=O) groups excluding carboxylic acids is 4. The first-order valence-corrected chi connectivity index (χ1v) is 15.1. The zero-order valence-corrected chi connectivity index (χ0v) is 25.9. The number of benzene rings is 2. The molecule has 2 aromatic carbocycles. The average molecular weight is 633 g/mol. The molecule has 11 nitrogen and oxygen atoms in total. The second-order valence-electron chi connectivity index (χ2n) is 10.6. The highest BCUT2D eigenvalue weighted by Gasteiger charge is 2.72. The maximum absolute atomic E-state index is 14.7. The number of nitriles is 1. The zero-order valence-electron chi connectivity index (χ0n) is 24.3. The van der Waals surface area contributed by atoms with Crippen LogP contribution in [-0.4, -0.2) is 61.1 Å². The SMILES string of the molecule is COc1ccc([C@@H]2N3C(=O)[C@](C)(SC(=O)Oc4ccccc4)N(C)C(=O)C3(SC(=O)Oc3ccccc3)C[C@]2(C)C#N)cn1. The number of hydrogen-bond donors (Lipinski definition) is 0. The molecular formula is C31H28N4O7S2. The van der Waals surface area contributed by atoms with E-state index >= 15 is 0 Å². The minimum absolute atomic E-state index is 0.203. The predicted octanol–water partition coefficient (Wildman–Crippen LogP) is 5.64. The lowest BCUT2D eigenvalue weighted by Gasteiger charge is -2.52. The van der Waals surface area contributed by atoms with Crippen molar-refractivity contribution < 1.29 is 33.4 Å². The number of fused-ring (bicyclic) bond motifs is 1. The van der Waals surface area contributed by atoms with Crippen LogP contribution in [-0.2, 0) is 9.59 Å². The summed E-state index contributed by atoms with van der Waals surface area (Å²) in [5, 5.41) is 8.84. The van der Waals surface area contributed by atoms with Gasteiger partial charge in [0.1, 0.15) is 11.5 Å². The number of methoxy groups -OCH3 is 1. The minimum atomic E-state index is -1.88. The van der Waals surface area contributed by atoms with E-state index in [4.69, 9.17) is 14.2 Å². The molecular weight excluding hydrogens is 604 g/mol. The van der Waals surface area contributed by atoms with Gasteiger partial charge in [-0.25, -0.2) is 14.6 Å². The number of hydrogen-bond acceptors (Lipinski definition) is 11. The molecule has 0 bridgehead atoms. The molecule has 0 N–H and O–H groups in total. The fourth-order valence-corrected chi connectivity index (χ4v) is 7.66. The van der Waals surface area contributed by atoms with E-state index < -0.39 is 43.6 Å². The van der Waals surface area contributed by atoms with E-state index in [-0.39, 0.29) is 17.9 Å². The molecule has 4 atom stereocenters. The lowest BCUT2D eigenvalue weighted by molar-refractivity contribution is -0.163. The van der Waals surface area contributed by atoms with E-state index in [9.17, 15) is 24.4 Å². The Morgan fingerprint density at radius 3 is 1.98 bits per heavy atom. The van der Waals surface area contributed by atoms with Gasteiger partial charge < -0.3 is 24.0 Å².